The van der Waals surface area contributed by atoms with E-state index in [-0.39, 0.29) is 35.6 Å². The van der Waals surface area contributed by atoms with E-state index in [1.165, 1.54) is 0 Å². The fourth-order valence-electron chi connectivity index (χ4n) is 8.32. The highest BCUT2D eigenvalue weighted by Crippen LogP contribution is 2.68. The Labute approximate surface area is 220 Å². The van der Waals surface area contributed by atoms with Gasteiger partial charge >= 0.3 is 13.1 Å². The maximum Gasteiger partial charge on any atom is 0.491 e. The summed E-state index contributed by atoms with van der Waals surface area (Å²) in [5.74, 6) is 0.200. The molecular formula is C29H41BO7. The molecule has 0 unspecified atom stereocenters. The van der Waals surface area contributed by atoms with Crippen LogP contribution in [0.4, 0.5) is 0 Å². The third-order valence-corrected chi connectivity index (χ3v) is 11.1. The Morgan fingerprint density at radius 2 is 2.00 bits per heavy atom. The average Bonchev–Trinajstić information content (AvgIpc) is 3.43. The van der Waals surface area contributed by atoms with Crippen LogP contribution in [-0.2, 0) is 25.6 Å². The van der Waals surface area contributed by atoms with Crippen molar-refractivity contribution in [2.75, 3.05) is 6.61 Å². The quantitative estimate of drug-likeness (QED) is 0.461. The number of ketones is 1. The zero-order valence-electron chi connectivity index (χ0n) is 22.8. The minimum atomic E-state index is -0.988. The van der Waals surface area contributed by atoms with Crippen LogP contribution in [0.2, 0.25) is 0 Å². The molecule has 1 heterocycles. The summed E-state index contributed by atoms with van der Waals surface area (Å²) in [5, 5.41) is 21.7. The van der Waals surface area contributed by atoms with Crippen molar-refractivity contribution in [2.24, 2.45) is 34.0 Å². The molecule has 7 nitrogen and oxygen atoms in total. The first-order valence-corrected chi connectivity index (χ1v) is 13.9. The van der Waals surface area contributed by atoms with Crippen LogP contribution < -0.4 is 10.2 Å². The van der Waals surface area contributed by atoms with Crippen LogP contribution in [0.5, 0.6) is 5.75 Å². The molecule has 5 rings (SSSR count). The van der Waals surface area contributed by atoms with Gasteiger partial charge in [-0.1, -0.05) is 40.7 Å². The highest BCUT2D eigenvalue weighted by Gasteiger charge is 2.68. The number of aliphatic hydroxyl groups excluding tert-OH is 1. The van der Waals surface area contributed by atoms with Crippen molar-refractivity contribution in [3.8, 4) is 5.75 Å². The first-order chi connectivity index (χ1) is 17.5. The van der Waals surface area contributed by atoms with Gasteiger partial charge in [-0.25, -0.2) is 4.79 Å². The number of aliphatic hydroxyl groups is 1. The van der Waals surface area contributed by atoms with Gasteiger partial charge in [-0.05, 0) is 77.9 Å². The van der Waals surface area contributed by atoms with Gasteiger partial charge in [0.2, 0.25) is 0 Å². The van der Waals surface area contributed by atoms with E-state index in [2.05, 4.69) is 34.6 Å². The molecule has 202 valence electrons. The molecule has 3 fully saturated rings. The first kappa shape index (κ1) is 26.7. The van der Waals surface area contributed by atoms with Crippen LogP contribution in [-0.4, -0.2) is 47.8 Å². The fraction of sp³-hybridized carbons (Fsp3) is 0.724. The fourth-order valence-corrected chi connectivity index (χ4v) is 8.32. The van der Waals surface area contributed by atoms with Crippen LogP contribution in [0.3, 0.4) is 0 Å². The Morgan fingerprint density at radius 1 is 1.24 bits per heavy atom. The molecule has 4 aliphatic rings. The summed E-state index contributed by atoms with van der Waals surface area (Å²) in [7, 11) is -0.988. The predicted molar refractivity (Wildman–Crippen MR) is 139 cm³/mol. The molecule has 0 saturated heterocycles. The SMILES string of the molecule is CC[C@]1(C)C[C@@H](OC(=O)COc2ccc3c(c2)B(O)OC3)[C@]2(C)[C@H](C)CC[C@]3(CCC(=O)[C@H]32)[C@@H](C)[C@@H]1O. The van der Waals surface area contributed by atoms with Crippen LogP contribution in [0, 0.1) is 34.0 Å². The Balaban J connectivity index is 1.43. The Hall–Kier alpha value is -1.90. The van der Waals surface area contributed by atoms with Gasteiger partial charge in [0, 0.05) is 17.8 Å². The maximum absolute atomic E-state index is 13.5. The summed E-state index contributed by atoms with van der Waals surface area (Å²) in [6.45, 7) is 10.7. The van der Waals surface area contributed by atoms with Crippen LogP contribution >= 0.6 is 0 Å². The average molecular weight is 512 g/mol. The molecular weight excluding hydrogens is 471 g/mol. The van der Waals surface area contributed by atoms with Gasteiger partial charge in [-0.2, -0.15) is 0 Å². The van der Waals surface area contributed by atoms with E-state index in [1.54, 1.807) is 12.1 Å². The van der Waals surface area contributed by atoms with E-state index < -0.39 is 36.1 Å². The molecule has 0 radical (unpaired) electrons. The third-order valence-electron chi connectivity index (χ3n) is 11.1. The topological polar surface area (TPSA) is 102 Å². The number of hydrogen-bond acceptors (Lipinski definition) is 7. The standard InChI is InChI=1S/C29H41BO7/c1-6-27(4)14-23(37-24(32)16-35-20-8-7-19-15-36-30(34)21(19)13-20)28(5)17(2)9-11-29(18(3)26(27)33)12-10-22(31)25(28)29/h7-8,13,17-18,23,25-26,33-34H,6,9-12,14-16H2,1-5H3/t17-,18+,23-,25+,26+,27-,28+,29+/m1/s1. The second kappa shape index (κ2) is 9.39. The predicted octanol–water partition coefficient (Wildman–Crippen LogP) is 3.41. The number of carbonyl (C=O) groups excluding carboxylic acids is 2. The molecule has 2 bridgehead atoms. The monoisotopic (exact) mass is 512 g/mol. The van der Waals surface area contributed by atoms with Gasteiger partial charge in [0.1, 0.15) is 17.6 Å². The van der Waals surface area contributed by atoms with Crippen LogP contribution in [0.1, 0.15) is 78.7 Å². The number of esters is 1. The van der Waals surface area contributed by atoms with Crippen LogP contribution in [0.25, 0.3) is 0 Å². The highest BCUT2D eigenvalue weighted by atomic mass is 16.6. The lowest BCUT2D eigenvalue weighted by atomic mass is 9.43. The third kappa shape index (κ3) is 4.06. The van der Waals surface area contributed by atoms with E-state index >= 15 is 0 Å². The molecule has 1 aromatic rings. The minimum Gasteiger partial charge on any atom is -0.482 e. The molecule has 3 aliphatic carbocycles. The maximum atomic E-state index is 13.5. The van der Waals surface area contributed by atoms with Gasteiger partial charge in [-0.15, -0.1) is 0 Å². The Morgan fingerprint density at radius 3 is 2.73 bits per heavy atom. The molecule has 3 saturated carbocycles. The lowest BCUT2D eigenvalue weighted by molar-refractivity contribution is -0.213. The molecule has 1 aliphatic heterocycles. The lowest BCUT2D eigenvalue weighted by Crippen LogP contribution is -2.63. The summed E-state index contributed by atoms with van der Waals surface area (Å²) in [4.78, 5) is 26.7. The van der Waals surface area contributed by atoms with E-state index in [1.807, 2.05) is 6.07 Å². The molecule has 2 N–H and O–H groups in total. The molecule has 0 spiro atoms. The summed E-state index contributed by atoms with van der Waals surface area (Å²) in [6, 6.07) is 5.27. The Kier molecular flexibility index (Phi) is 6.77. The molecule has 8 heteroatoms. The normalized spacial score (nSPS) is 41.0. The lowest BCUT2D eigenvalue weighted by Gasteiger charge is -2.62. The van der Waals surface area contributed by atoms with E-state index in [9.17, 15) is 19.7 Å². The first-order valence-electron chi connectivity index (χ1n) is 13.9. The van der Waals surface area contributed by atoms with Gasteiger partial charge in [0.05, 0.1) is 12.7 Å². The number of fused-ring (bicyclic) bond motifs is 1. The largest absolute Gasteiger partial charge is 0.491 e. The zero-order valence-corrected chi connectivity index (χ0v) is 22.8. The number of hydrogen-bond donors (Lipinski definition) is 2. The van der Waals surface area contributed by atoms with E-state index in [0.29, 0.717) is 30.7 Å². The van der Waals surface area contributed by atoms with Crippen LogP contribution in [0.15, 0.2) is 18.2 Å². The van der Waals surface area contributed by atoms with Gasteiger partial charge in [0.25, 0.3) is 0 Å². The molecule has 1 aromatic carbocycles. The van der Waals surface area contributed by atoms with E-state index in [0.717, 1.165) is 31.2 Å². The summed E-state index contributed by atoms with van der Waals surface area (Å²) in [5.41, 5.74) is 0.327. The summed E-state index contributed by atoms with van der Waals surface area (Å²) >= 11 is 0. The number of ether oxygens (including phenoxy) is 2. The number of rotatable bonds is 5. The van der Waals surface area contributed by atoms with Gasteiger partial charge in [0.15, 0.2) is 6.61 Å². The molecule has 8 atom stereocenters. The molecule has 0 aromatic heterocycles. The van der Waals surface area contributed by atoms with E-state index in [4.69, 9.17) is 14.1 Å². The van der Waals surface area contributed by atoms with Crippen molar-refractivity contribution in [1.29, 1.82) is 0 Å². The summed E-state index contributed by atoms with van der Waals surface area (Å²) < 4.78 is 17.3. The van der Waals surface area contributed by atoms with Gasteiger partial charge in [-0.3, -0.25) is 4.79 Å². The van der Waals surface area contributed by atoms with Crippen molar-refractivity contribution in [3.05, 3.63) is 23.8 Å². The van der Waals surface area contributed by atoms with Crippen molar-refractivity contribution < 1.29 is 33.8 Å². The van der Waals surface area contributed by atoms with Crippen molar-refractivity contribution >= 4 is 24.3 Å². The highest BCUT2D eigenvalue weighted by molar-refractivity contribution is 6.61. The second-order valence-corrected chi connectivity index (χ2v) is 12.7. The Bertz CT molecular complexity index is 1080. The van der Waals surface area contributed by atoms with Crippen molar-refractivity contribution in [2.45, 2.75) is 92.0 Å². The molecule has 37 heavy (non-hydrogen) atoms. The van der Waals surface area contributed by atoms with Crippen molar-refractivity contribution in [3.63, 3.8) is 0 Å². The second-order valence-electron chi connectivity index (χ2n) is 12.7. The summed E-state index contributed by atoms with van der Waals surface area (Å²) in [6.07, 6.45) is 3.37. The molecule has 0 amide bonds. The number of carbonyl (C=O) groups is 2. The smallest absolute Gasteiger partial charge is 0.482 e. The minimum absolute atomic E-state index is 0.000140. The number of Topliss-reactive ketones (excluding diaryl/α,β-unsaturated/α-hetero) is 1. The van der Waals surface area contributed by atoms with Gasteiger partial charge < -0.3 is 24.3 Å². The van der Waals surface area contributed by atoms with Crippen molar-refractivity contribution in [1.82, 2.24) is 0 Å². The number of benzene rings is 1. The zero-order chi connectivity index (χ0) is 26.8.